The van der Waals surface area contributed by atoms with Crippen LogP contribution in [0.2, 0.25) is 0 Å². The summed E-state index contributed by atoms with van der Waals surface area (Å²) < 4.78 is 0. The first kappa shape index (κ1) is 19.8. The van der Waals surface area contributed by atoms with Crippen molar-refractivity contribution in [2.75, 3.05) is 4.90 Å². The van der Waals surface area contributed by atoms with E-state index in [2.05, 4.69) is 144 Å². The highest BCUT2D eigenvalue weighted by Crippen LogP contribution is 2.44. The van der Waals surface area contributed by atoms with Crippen LogP contribution in [0.5, 0.6) is 0 Å². The summed E-state index contributed by atoms with van der Waals surface area (Å²) in [5, 5.41) is 7.86. The van der Waals surface area contributed by atoms with Gasteiger partial charge in [-0.15, -0.1) is 0 Å². The zero-order chi connectivity index (χ0) is 23.2. The minimum atomic E-state index is 1.14. The minimum Gasteiger partial charge on any atom is -0.310 e. The molecule has 0 aliphatic rings. The Morgan fingerprint density at radius 2 is 0.886 bits per heavy atom. The van der Waals surface area contributed by atoms with Crippen LogP contribution in [-0.2, 0) is 0 Å². The van der Waals surface area contributed by atoms with Gasteiger partial charge in [0.25, 0.3) is 0 Å². The lowest BCUT2D eigenvalue weighted by Gasteiger charge is -2.28. The third-order valence-corrected chi connectivity index (χ3v) is 6.99. The molecule has 0 heterocycles. The van der Waals surface area contributed by atoms with Crippen molar-refractivity contribution in [2.45, 2.75) is 0 Å². The van der Waals surface area contributed by atoms with E-state index in [1.54, 1.807) is 0 Å². The molecule has 0 aliphatic heterocycles. The molecule has 35 heavy (non-hydrogen) atoms. The van der Waals surface area contributed by atoms with Crippen molar-refractivity contribution in [1.82, 2.24) is 0 Å². The molecule has 0 N–H and O–H groups in total. The van der Waals surface area contributed by atoms with Gasteiger partial charge < -0.3 is 4.90 Å². The van der Waals surface area contributed by atoms with Crippen molar-refractivity contribution in [3.8, 4) is 11.1 Å². The van der Waals surface area contributed by atoms with Crippen LogP contribution in [0.25, 0.3) is 43.4 Å². The standard InChI is InChI=1S/C34H23N/c1-3-12-27(13-4-1)35(28-14-5-2-6-15-28)32-17-8-7-16-30(32)29-22-20-26-19-18-24-10-9-11-25-21-23-31(29)34(26)33(24)25/h1-23H. The first-order chi connectivity index (χ1) is 17.4. The SMILES string of the molecule is c1ccc(N(c2ccccc2)c2ccccc2-c2ccc3ccc4cccc5ccc2c3c45)cc1. The van der Waals surface area contributed by atoms with E-state index in [1.807, 2.05) is 0 Å². The molecule has 0 unspecified atom stereocenters. The molecular weight excluding hydrogens is 422 g/mol. The van der Waals surface area contributed by atoms with Crippen LogP contribution in [0.1, 0.15) is 0 Å². The second-order valence-corrected chi connectivity index (χ2v) is 8.99. The molecule has 0 atom stereocenters. The lowest BCUT2D eigenvalue weighted by atomic mass is 9.89. The molecule has 7 aromatic carbocycles. The molecule has 0 radical (unpaired) electrons. The molecule has 1 nitrogen and oxygen atoms in total. The largest absolute Gasteiger partial charge is 0.310 e. The topological polar surface area (TPSA) is 3.24 Å². The van der Waals surface area contributed by atoms with E-state index < -0.39 is 0 Å². The van der Waals surface area contributed by atoms with Crippen LogP contribution in [0, 0.1) is 0 Å². The highest BCUT2D eigenvalue weighted by atomic mass is 15.1. The molecule has 0 saturated carbocycles. The van der Waals surface area contributed by atoms with Gasteiger partial charge in [-0.05, 0) is 68.2 Å². The Kier molecular flexibility index (Phi) is 4.53. The van der Waals surface area contributed by atoms with Gasteiger partial charge in [0.15, 0.2) is 0 Å². The number of anilines is 3. The van der Waals surface area contributed by atoms with Gasteiger partial charge in [-0.25, -0.2) is 0 Å². The Balaban J connectivity index is 1.53. The molecule has 7 aromatic rings. The molecule has 0 fully saturated rings. The number of hydrogen-bond acceptors (Lipinski definition) is 1. The molecular formula is C34H23N. The summed E-state index contributed by atoms with van der Waals surface area (Å²) in [7, 11) is 0. The van der Waals surface area contributed by atoms with Crippen molar-refractivity contribution >= 4 is 49.4 Å². The van der Waals surface area contributed by atoms with Crippen LogP contribution >= 0.6 is 0 Å². The predicted octanol–water partition coefficient (Wildman–Crippen LogP) is 9.72. The summed E-state index contributed by atoms with van der Waals surface area (Å²) in [4.78, 5) is 2.35. The van der Waals surface area contributed by atoms with Crippen molar-refractivity contribution in [2.24, 2.45) is 0 Å². The van der Waals surface area contributed by atoms with Crippen molar-refractivity contribution < 1.29 is 0 Å². The second-order valence-electron chi connectivity index (χ2n) is 8.99. The third kappa shape index (κ3) is 3.17. The monoisotopic (exact) mass is 445 g/mol. The lowest BCUT2D eigenvalue weighted by molar-refractivity contribution is 1.28. The van der Waals surface area contributed by atoms with E-state index >= 15 is 0 Å². The van der Waals surface area contributed by atoms with Gasteiger partial charge in [0.2, 0.25) is 0 Å². The number of rotatable bonds is 4. The summed E-state index contributed by atoms with van der Waals surface area (Å²) in [5.74, 6) is 0. The number of nitrogens with zero attached hydrogens (tertiary/aromatic N) is 1. The van der Waals surface area contributed by atoms with Gasteiger partial charge in [-0.1, -0.05) is 109 Å². The molecule has 7 rings (SSSR count). The van der Waals surface area contributed by atoms with Crippen molar-refractivity contribution in [3.05, 3.63) is 140 Å². The first-order valence-electron chi connectivity index (χ1n) is 12.0. The maximum atomic E-state index is 2.35. The number of hydrogen-bond donors (Lipinski definition) is 0. The van der Waals surface area contributed by atoms with Gasteiger partial charge >= 0.3 is 0 Å². The number of para-hydroxylation sites is 3. The van der Waals surface area contributed by atoms with Crippen LogP contribution in [0.15, 0.2) is 140 Å². The van der Waals surface area contributed by atoms with Crippen LogP contribution in [0.4, 0.5) is 17.1 Å². The third-order valence-electron chi connectivity index (χ3n) is 6.99. The fourth-order valence-electron chi connectivity index (χ4n) is 5.45. The average molecular weight is 446 g/mol. The average Bonchev–Trinajstić information content (AvgIpc) is 2.93. The van der Waals surface area contributed by atoms with Crippen LogP contribution in [-0.4, -0.2) is 0 Å². The highest BCUT2D eigenvalue weighted by molar-refractivity contribution is 6.25. The predicted molar refractivity (Wildman–Crippen MR) is 150 cm³/mol. The summed E-state index contributed by atoms with van der Waals surface area (Å²) in [6, 6.07) is 50.2. The van der Waals surface area contributed by atoms with E-state index in [4.69, 9.17) is 0 Å². The van der Waals surface area contributed by atoms with E-state index in [-0.39, 0.29) is 0 Å². The van der Waals surface area contributed by atoms with Crippen molar-refractivity contribution in [1.29, 1.82) is 0 Å². The zero-order valence-corrected chi connectivity index (χ0v) is 19.2. The van der Waals surface area contributed by atoms with Gasteiger partial charge in [-0.3, -0.25) is 0 Å². The molecule has 0 aliphatic carbocycles. The summed E-state index contributed by atoms with van der Waals surface area (Å²) >= 11 is 0. The quantitative estimate of drug-likeness (QED) is 0.244. The second kappa shape index (κ2) is 8.00. The summed E-state index contributed by atoms with van der Waals surface area (Å²) in [6.07, 6.45) is 0. The molecule has 0 amide bonds. The molecule has 164 valence electrons. The van der Waals surface area contributed by atoms with Gasteiger partial charge in [0.05, 0.1) is 5.69 Å². The fourth-order valence-corrected chi connectivity index (χ4v) is 5.45. The normalized spacial score (nSPS) is 11.4. The first-order valence-corrected chi connectivity index (χ1v) is 12.0. The Labute approximate surface area is 204 Å². The molecule has 0 saturated heterocycles. The molecule has 0 spiro atoms. The smallest absolute Gasteiger partial charge is 0.0540 e. The van der Waals surface area contributed by atoms with E-state index in [9.17, 15) is 0 Å². The Bertz CT molecular complexity index is 1730. The van der Waals surface area contributed by atoms with E-state index in [0.29, 0.717) is 0 Å². The Morgan fingerprint density at radius 3 is 1.57 bits per heavy atom. The van der Waals surface area contributed by atoms with Gasteiger partial charge in [-0.2, -0.15) is 0 Å². The van der Waals surface area contributed by atoms with Crippen LogP contribution in [0.3, 0.4) is 0 Å². The molecule has 1 heteroatoms. The molecule has 0 aromatic heterocycles. The van der Waals surface area contributed by atoms with Gasteiger partial charge in [0, 0.05) is 16.9 Å². The lowest BCUT2D eigenvalue weighted by Crippen LogP contribution is -2.11. The van der Waals surface area contributed by atoms with E-state index in [0.717, 1.165) is 11.4 Å². The minimum absolute atomic E-state index is 1.14. The fraction of sp³-hybridized carbons (Fsp3) is 0. The van der Waals surface area contributed by atoms with E-state index in [1.165, 1.54) is 49.1 Å². The maximum absolute atomic E-state index is 2.35. The summed E-state index contributed by atoms with van der Waals surface area (Å²) in [6.45, 7) is 0. The molecule has 0 bridgehead atoms. The summed E-state index contributed by atoms with van der Waals surface area (Å²) in [5.41, 5.74) is 5.93. The Morgan fingerprint density at radius 1 is 0.343 bits per heavy atom. The Hall–Kier alpha value is -4.62. The van der Waals surface area contributed by atoms with Crippen molar-refractivity contribution in [3.63, 3.8) is 0 Å². The maximum Gasteiger partial charge on any atom is 0.0540 e. The number of benzene rings is 7. The van der Waals surface area contributed by atoms with Gasteiger partial charge in [0.1, 0.15) is 0 Å². The zero-order valence-electron chi connectivity index (χ0n) is 19.2. The van der Waals surface area contributed by atoms with Crippen LogP contribution < -0.4 is 4.90 Å². The highest BCUT2D eigenvalue weighted by Gasteiger charge is 2.19.